The summed E-state index contributed by atoms with van der Waals surface area (Å²) in [5.41, 5.74) is 2.57. The zero-order chi connectivity index (χ0) is 15.4. The Bertz CT molecular complexity index is 680. The van der Waals surface area contributed by atoms with Crippen molar-refractivity contribution in [3.63, 3.8) is 0 Å². The molecule has 0 radical (unpaired) electrons. The molecule has 0 aliphatic carbocycles. The van der Waals surface area contributed by atoms with Gasteiger partial charge in [-0.1, -0.05) is 18.5 Å². The summed E-state index contributed by atoms with van der Waals surface area (Å²) < 4.78 is 5.46. The summed E-state index contributed by atoms with van der Waals surface area (Å²) in [5, 5.41) is 11.7. The molecular weight excluding hydrogens is 298 g/mol. The normalized spacial score (nSPS) is 10.2. The van der Waals surface area contributed by atoms with Crippen LogP contribution in [0.4, 0.5) is 11.5 Å². The maximum atomic E-state index is 11.1. The van der Waals surface area contributed by atoms with Crippen LogP contribution in [0.15, 0.2) is 24.5 Å². The second-order valence-electron chi connectivity index (χ2n) is 3.99. The number of nitro groups is 1. The molecule has 0 fully saturated rings. The lowest BCUT2D eigenvalue weighted by atomic mass is 10.1. The van der Waals surface area contributed by atoms with E-state index in [9.17, 15) is 10.1 Å². The van der Waals surface area contributed by atoms with Crippen molar-refractivity contribution >= 4 is 23.1 Å². The molecule has 0 atom stereocenters. The van der Waals surface area contributed by atoms with E-state index in [-0.39, 0.29) is 11.7 Å². The summed E-state index contributed by atoms with van der Waals surface area (Å²) >= 11 is 6.01. The van der Waals surface area contributed by atoms with E-state index in [4.69, 9.17) is 22.2 Å². The second kappa shape index (κ2) is 6.33. The van der Waals surface area contributed by atoms with Gasteiger partial charge in [0.05, 0.1) is 4.92 Å². The third kappa shape index (κ3) is 3.18. The number of hydrogen-bond acceptors (Lipinski definition) is 7. The molecule has 3 N–H and O–H groups in total. The lowest BCUT2D eigenvalue weighted by molar-refractivity contribution is -0.385. The third-order valence-corrected chi connectivity index (χ3v) is 3.09. The van der Waals surface area contributed by atoms with E-state index in [0.717, 1.165) is 11.9 Å². The second-order valence-corrected chi connectivity index (χ2v) is 4.39. The SMILES string of the molecule is CCc1cc(Oc2ncnc(NN)c2[N+](=O)[O-])ccc1Cl. The first kappa shape index (κ1) is 14.9. The van der Waals surface area contributed by atoms with Crippen molar-refractivity contribution < 1.29 is 9.66 Å². The van der Waals surface area contributed by atoms with Gasteiger partial charge in [-0.2, -0.15) is 4.98 Å². The highest BCUT2D eigenvalue weighted by atomic mass is 35.5. The van der Waals surface area contributed by atoms with Gasteiger partial charge in [0.25, 0.3) is 0 Å². The van der Waals surface area contributed by atoms with E-state index in [1.165, 1.54) is 0 Å². The van der Waals surface area contributed by atoms with Crippen molar-refractivity contribution in [3.05, 3.63) is 45.2 Å². The van der Waals surface area contributed by atoms with Crippen molar-refractivity contribution in [2.75, 3.05) is 5.43 Å². The summed E-state index contributed by atoms with van der Waals surface area (Å²) in [4.78, 5) is 17.9. The number of aryl methyl sites for hydroxylation is 1. The first-order valence-electron chi connectivity index (χ1n) is 5.99. The van der Waals surface area contributed by atoms with E-state index in [2.05, 4.69) is 15.4 Å². The van der Waals surface area contributed by atoms with Gasteiger partial charge in [-0.3, -0.25) is 10.1 Å². The maximum absolute atomic E-state index is 11.1. The van der Waals surface area contributed by atoms with E-state index >= 15 is 0 Å². The fraction of sp³-hybridized carbons (Fsp3) is 0.167. The Labute approximate surface area is 125 Å². The fourth-order valence-corrected chi connectivity index (χ4v) is 1.96. The molecule has 0 bridgehead atoms. The van der Waals surface area contributed by atoms with Crippen LogP contribution >= 0.6 is 11.6 Å². The molecule has 0 saturated heterocycles. The molecule has 110 valence electrons. The minimum atomic E-state index is -0.665. The first-order valence-corrected chi connectivity index (χ1v) is 6.36. The largest absolute Gasteiger partial charge is 0.434 e. The average Bonchev–Trinajstić information content (AvgIpc) is 2.48. The number of nitrogens with two attached hydrogens (primary N) is 1. The van der Waals surface area contributed by atoms with E-state index in [1.807, 2.05) is 6.92 Å². The van der Waals surface area contributed by atoms with Gasteiger partial charge < -0.3 is 10.2 Å². The maximum Gasteiger partial charge on any atom is 0.374 e. The van der Waals surface area contributed by atoms with Gasteiger partial charge >= 0.3 is 11.6 Å². The number of hydrazine groups is 1. The van der Waals surface area contributed by atoms with Gasteiger partial charge in [0.15, 0.2) is 0 Å². The minimum Gasteiger partial charge on any atom is -0.434 e. The highest BCUT2D eigenvalue weighted by Crippen LogP contribution is 2.34. The molecule has 1 aromatic carbocycles. The Morgan fingerprint density at radius 1 is 1.48 bits per heavy atom. The monoisotopic (exact) mass is 309 g/mol. The lowest BCUT2D eigenvalue weighted by Gasteiger charge is -2.09. The standard InChI is InChI=1S/C12H12ClN5O3/c1-2-7-5-8(3-4-9(7)13)21-12-10(18(19)20)11(17-14)15-6-16-12/h3-6H,2,14H2,1H3,(H,15,16,17). The summed E-state index contributed by atoms with van der Waals surface area (Å²) in [6.45, 7) is 1.94. The minimum absolute atomic E-state index is 0.130. The number of halogens is 1. The van der Waals surface area contributed by atoms with Crippen LogP contribution in [0.1, 0.15) is 12.5 Å². The number of rotatable bonds is 5. The van der Waals surface area contributed by atoms with Gasteiger partial charge in [0.1, 0.15) is 12.1 Å². The van der Waals surface area contributed by atoms with Crippen LogP contribution in [0, 0.1) is 10.1 Å². The van der Waals surface area contributed by atoms with Crippen LogP contribution in [0.5, 0.6) is 11.6 Å². The fourth-order valence-electron chi connectivity index (χ4n) is 1.70. The summed E-state index contributed by atoms with van der Waals surface area (Å²) in [7, 11) is 0. The van der Waals surface area contributed by atoms with Crippen LogP contribution in [-0.2, 0) is 6.42 Å². The third-order valence-electron chi connectivity index (χ3n) is 2.72. The summed E-state index contributed by atoms with van der Waals surface area (Å²) in [5.74, 6) is 5.26. The Morgan fingerprint density at radius 2 is 2.24 bits per heavy atom. The number of aromatic nitrogens is 2. The molecule has 21 heavy (non-hydrogen) atoms. The van der Waals surface area contributed by atoms with Crippen molar-refractivity contribution in [1.29, 1.82) is 0 Å². The zero-order valence-corrected chi connectivity index (χ0v) is 11.8. The number of anilines is 1. The quantitative estimate of drug-likeness (QED) is 0.495. The molecule has 0 saturated carbocycles. The van der Waals surface area contributed by atoms with Gasteiger partial charge in [0, 0.05) is 5.02 Å². The number of ether oxygens (including phenoxy) is 1. The molecule has 9 heteroatoms. The average molecular weight is 310 g/mol. The zero-order valence-electron chi connectivity index (χ0n) is 11.0. The molecule has 0 spiro atoms. The summed E-state index contributed by atoms with van der Waals surface area (Å²) in [6, 6.07) is 4.96. The molecule has 2 aromatic rings. The van der Waals surface area contributed by atoms with Gasteiger partial charge in [0.2, 0.25) is 5.82 Å². The van der Waals surface area contributed by atoms with Crippen LogP contribution in [0.25, 0.3) is 0 Å². The van der Waals surface area contributed by atoms with Crippen LogP contribution in [-0.4, -0.2) is 14.9 Å². The Hall–Kier alpha value is -2.45. The first-order chi connectivity index (χ1) is 10.1. The number of hydrogen-bond donors (Lipinski definition) is 2. The predicted molar refractivity (Wildman–Crippen MR) is 77.4 cm³/mol. The highest BCUT2D eigenvalue weighted by Gasteiger charge is 2.24. The van der Waals surface area contributed by atoms with Crippen LogP contribution < -0.4 is 16.0 Å². The topological polar surface area (TPSA) is 116 Å². The number of benzene rings is 1. The number of nitrogen functional groups attached to an aromatic ring is 1. The highest BCUT2D eigenvalue weighted by molar-refractivity contribution is 6.31. The van der Waals surface area contributed by atoms with Crippen molar-refractivity contribution in [2.45, 2.75) is 13.3 Å². The molecule has 0 aliphatic rings. The number of nitrogens with zero attached hydrogens (tertiary/aromatic N) is 3. The summed E-state index contributed by atoms with van der Waals surface area (Å²) in [6.07, 6.45) is 1.83. The van der Waals surface area contributed by atoms with Gasteiger partial charge in [-0.15, -0.1) is 0 Å². The molecule has 0 unspecified atom stereocenters. The van der Waals surface area contributed by atoms with Gasteiger partial charge in [-0.25, -0.2) is 10.8 Å². The molecule has 1 heterocycles. The number of nitrogens with one attached hydrogen (secondary N) is 1. The molecule has 8 nitrogen and oxygen atoms in total. The van der Waals surface area contributed by atoms with Crippen molar-refractivity contribution in [1.82, 2.24) is 9.97 Å². The van der Waals surface area contributed by atoms with E-state index < -0.39 is 10.6 Å². The van der Waals surface area contributed by atoms with Crippen molar-refractivity contribution in [3.8, 4) is 11.6 Å². The molecule has 1 aromatic heterocycles. The van der Waals surface area contributed by atoms with E-state index in [1.54, 1.807) is 18.2 Å². The predicted octanol–water partition coefficient (Wildman–Crippen LogP) is 2.68. The molecule has 0 aliphatic heterocycles. The Kier molecular flexibility index (Phi) is 4.51. The molecule has 0 amide bonds. The Balaban J connectivity index is 2.42. The smallest absolute Gasteiger partial charge is 0.374 e. The van der Waals surface area contributed by atoms with Crippen LogP contribution in [0.2, 0.25) is 5.02 Å². The van der Waals surface area contributed by atoms with Crippen molar-refractivity contribution in [2.24, 2.45) is 5.84 Å². The van der Waals surface area contributed by atoms with Gasteiger partial charge in [-0.05, 0) is 30.2 Å². The lowest BCUT2D eigenvalue weighted by Crippen LogP contribution is -2.12. The van der Waals surface area contributed by atoms with Crippen LogP contribution in [0.3, 0.4) is 0 Å². The molecule has 2 rings (SSSR count). The Morgan fingerprint density at radius 3 is 2.86 bits per heavy atom. The molecular formula is C12H12ClN5O3. The van der Waals surface area contributed by atoms with E-state index in [0.29, 0.717) is 17.2 Å².